The summed E-state index contributed by atoms with van der Waals surface area (Å²) in [4.78, 5) is 16.6. The Morgan fingerprint density at radius 1 is 1.28 bits per heavy atom. The van der Waals surface area contributed by atoms with Crippen molar-refractivity contribution in [2.24, 2.45) is 11.7 Å². The molecule has 1 aliphatic carbocycles. The maximum atomic E-state index is 12.2. The third kappa shape index (κ3) is 4.85. The highest BCUT2D eigenvalue weighted by molar-refractivity contribution is 7.89. The summed E-state index contributed by atoms with van der Waals surface area (Å²) in [6, 6.07) is 6.09. The molecule has 1 aliphatic rings. The van der Waals surface area contributed by atoms with Gasteiger partial charge in [-0.1, -0.05) is 0 Å². The van der Waals surface area contributed by atoms with E-state index >= 15 is 0 Å². The van der Waals surface area contributed by atoms with Crippen LogP contribution in [-0.2, 0) is 16.4 Å². The van der Waals surface area contributed by atoms with E-state index in [2.05, 4.69) is 15.0 Å². The molecule has 1 aromatic heterocycles. The Labute approximate surface area is 150 Å². The molecule has 0 unspecified atom stereocenters. The number of anilines is 1. The summed E-state index contributed by atoms with van der Waals surface area (Å²) in [5, 5.41) is 5.21. The molecule has 0 atom stereocenters. The van der Waals surface area contributed by atoms with Crippen LogP contribution in [0.3, 0.4) is 0 Å². The molecule has 1 heterocycles. The molecule has 9 heteroatoms. The van der Waals surface area contributed by atoms with E-state index < -0.39 is 10.0 Å². The molecule has 1 saturated carbocycles. The quantitative estimate of drug-likeness (QED) is 0.643. The number of rotatable bonds is 8. The summed E-state index contributed by atoms with van der Waals surface area (Å²) < 4.78 is 26.9. The molecule has 0 radical (unpaired) electrons. The molecule has 2 aromatic rings. The van der Waals surface area contributed by atoms with Gasteiger partial charge in [0.05, 0.1) is 9.90 Å². The average Bonchev–Trinajstić information content (AvgIpc) is 3.31. The molecule has 0 saturated heterocycles. The second-order valence-corrected chi connectivity index (χ2v) is 8.65. The fourth-order valence-electron chi connectivity index (χ4n) is 2.20. The van der Waals surface area contributed by atoms with Crippen molar-refractivity contribution in [2.45, 2.75) is 24.2 Å². The van der Waals surface area contributed by atoms with Crippen LogP contribution in [0, 0.1) is 5.92 Å². The van der Waals surface area contributed by atoms with Gasteiger partial charge in [0.15, 0.2) is 0 Å². The van der Waals surface area contributed by atoms with Gasteiger partial charge < -0.3 is 11.1 Å². The van der Waals surface area contributed by atoms with Crippen molar-refractivity contribution in [3.05, 3.63) is 40.3 Å². The molecule has 1 amide bonds. The van der Waals surface area contributed by atoms with Crippen LogP contribution in [0.25, 0.3) is 0 Å². The Kier molecular flexibility index (Phi) is 5.48. The van der Waals surface area contributed by atoms with Crippen LogP contribution in [0.5, 0.6) is 0 Å². The number of hydrogen-bond acceptors (Lipinski definition) is 6. The van der Waals surface area contributed by atoms with Crippen molar-refractivity contribution >= 4 is 33.0 Å². The Balaban J connectivity index is 1.62. The van der Waals surface area contributed by atoms with E-state index in [0.29, 0.717) is 36.8 Å². The normalized spacial score (nSPS) is 14.4. The zero-order chi connectivity index (χ0) is 17.9. The Morgan fingerprint density at radius 2 is 2.00 bits per heavy atom. The van der Waals surface area contributed by atoms with Crippen molar-refractivity contribution in [1.29, 1.82) is 0 Å². The lowest BCUT2D eigenvalue weighted by molar-refractivity contribution is 0.102. The van der Waals surface area contributed by atoms with Crippen LogP contribution in [0.1, 0.15) is 28.3 Å². The van der Waals surface area contributed by atoms with E-state index in [1.165, 1.54) is 23.5 Å². The zero-order valence-electron chi connectivity index (χ0n) is 13.6. The summed E-state index contributed by atoms with van der Waals surface area (Å²) in [6.45, 7) is 0.967. The van der Waals surface area contributed by atoms with Gasteiger partial charge in [0.25, 0.3) is 5.91 Å². The van der Waals surface area contributed by atoms with Crippen LogP contribution >= 0.6 is 11.3 Å². The van der Waals surface area contributed by atoms with E-state index in [4.69, 9.17) is 5.73 Å². The third-order valence-electron chi connectivity index (χ3n) is 3.82. The number of benzene rings is 1. The Bertz CT molecular complexity index is 843. The molecule has 0 aliphatic heterocycles. The summed E-state index contributed by atoms with van der Waals surface area (Å²) in [5.74, 6) is 0.137. The van der Waals surface area contributed by atoms with Crippen molar-refractivity contribution in [1.82, 2.24) is 9.71 Å². The molecule has 1 fully saturated rings. The lowest BCUT2D eigenvalue weighted by Crippen LogP contribution is -2.25. The number of aromatic nitrogens is 1. The standard InChI is InChI=1S/C16H20N4O3S2/c17-8-7-15-20-14(10-24-15)16(21)19-12-3-5-13(6-4-12)25(22,23)18-9-11-1-2-11/h3-6,10-11,18H,1-2,7-9,17H2,(H,19,21). The van der Waals surface area contributed by atoms with Crippen molar-refractivity contribution in [3.63, 3.8) is 0 Å². The van der Waals surface area contributed by atoms with Gasteiger partial charge >= 0.3 is 0 Å². The van der Waals surface area contributed by atoms with E-state index in [1.54, 1.807) is 17.5 Å². The number of thiazole rings is 1. The van der Waals surface area contributed by atoms with E-state index in [9.17, 15) is 13.2 Å². The first kappa shape index (κ1) is 18.0. The molecular weight excluding hydrogens is 360 g/mol. The van der Waals surface area contributed by atoms with E-state index in [0.717, 1.165) is 17.8 Å². The van der Waals surface area contributed by atoms with Gasteiger partial charge in [-0.05, 0) is 49.6 Å². The number of nitrogens with zero attached hydrogens (tertiary/aromatic N) is 1. The lowest BCUT2D eigenvalue weighted by Gasteiger charge is -2.08. The number of nitrogens with one attached hydrogen (secondary N) is 2. The maximum absolute atomic E-state index is 12.2. The first-order valence-corrected chi connectivity index (χ1v) is 10.4. The number of carbonyl (C=O) groups is 1. The van der Waals surface area contributed by atoms with Gasteiger partial charge in [-0.25, -0.2) is 18.1 Å². The number of amides is 1. The summed E-state index contributed by atoms with van der Waals surface area (Å²) in [7, 11) is -3.50. The van der Waals surface area contributed by atoms with Crippen molar-refractivity contribution < 1.29 is 13.2 Å². The van der Waals surface area contributed by atoms with Gasteiger partial charge in [-0.15, -0.1) is 11.3 Å². The number of hydrogen-bond donors (Lipinski definition) is 3. The van der Waals surface area contributed by atoms with E-state index in [-0.39, 0.29) is 10.8 Å². The minimum Gasteiger partial charge on any atom is -0.330 e. The van der Waals surface area contributed by atoms with Gasteiger partial charge in [0.2, 0.25) is 10.0 Å². The number of sulfonamides is 1. The molecule has 3 rings (SSSR count). The minimum atomic E-state index is -3.50. The zero-order valence-corrected chi connectivity index (χ0v) is 15.2. The second-order valence-electron chi connectivity index (χ2n) is 5.94. The highest BCUT2D eigenvalue weighted by atomic mass is 32.2. The monoisotopic (exact) mass is 380 g/mol. The van der Waals surface area contributed by atoms with Gasteiger partial charge in [0.1, 0.15) is 5.69 Å². The number of carbonyl (C=O) groups excluding carboxylic acids is 1. The molecule has 25 heavy (non-hydrogen) atoms. The van der Waals surface area contributed by atoms with Crippen molar-refractivity contribution in [3.8, 4) is 0 Å². The molecule has 7 nitrogen and oxygen atoms in total. The first-order valence-electron chi connectivity index (χ1n) is 8.03. The van der Waals surface area contributed by atoms with Crippen LogP contribution in [-0.4, -0.2) is 32.4 Å². The molecular formula is C16H20N4O3S2. The molecule has 134 valence electrons. The highest BCUT2D eigenvalue weighted by Gasteiger charge is 2.24. The SMILES string of the molecule is NCCc1nc(C(=O)Nc2ccc(S(=O)(=O)NCC3CC3)cc2)cs1. The van der Waals surface area contributed by atoms with E-state index in [1.807, 2.05) is 0 Å². The van der Waals surface area contributed by atoms with Crippen molar-refractivity contribution in [2.75, 3.05) is 18.4 Å². The largest absolute Gasteiger partial charge is 0.330 e. The summed E-state index contributed by atoms with van der Waals surface area (Å²) >= 11 is 1.39. The maximum Gasteiger partial charge on any atom is 0.275 e. The fourth-order valence-corrected chi connectivity index (χ4v) is 4.11. The smallest absolute Gasteiger partial charge is 0.275 e. The molecule has 1 aromatic carbocycles. The first-order chi connectivity index (χ1) is 12.0. The average molecular weight is 380 g/mol. The second kappa shape index (κ2) is 7.61. The van der Waals surface area contributed by atoms with Crippen LogP contribution in [0.2, 0.25) is 0 Å². The lowest BCUT2D eigenvalue weighted by atomic mass is 10.3. The minimum absolute atomic E-state index is 0.185. The molecule has 0 bridgehead atoms. The Hall–Kier alpha value is -1.81. The van der Waals surface area contributed by atoms with Gasteiger partial charge in [-0.3, -0.25) is 4.79 Å². The summed E-state index contributed by atoms with van der Waals surface area (Å²) in [6.07, 6.45) is 2.80. The summed E-state index contributed by atoms with van der Waals surface area (Å²) in [5.41, 5.74) is 6.32. The van der Waals surface area contributed by atoms with Gasteiger partial charge in [0, 0.05) is 24.0 Å². The van der Waals surface area contributed by atoms with Crippen LogP contribution in [0.4, 0.5) is 5.69 Å². The highest BCUT2D eigenvalue weighted by Crippen LogP contribution is 2.28. The molecule has 0 spiro atoms. The topological polar surface area (TPSA) is 114 Å². The number of nitrogens with two attached hydrogens (primary N) is 1. The Morgan fingerprint density at radius 3 is 2.64 bits per heavy atom. The third-order valence-corrected chi connectivity index (χ3v) is 6.17. The van der Waals surface area contributed by atoms with Crippen LogP contribution in [0.15, 0.2) is 34.5 Å². The predicted molar refractivity (Wildman–Crippen MR) is 97.2 cm³/mol. The van der Waals surface area contributed by atoms with Gasteiger partial charge in [-0.2, -0.15) is 0 Å². The predicted octanol–water partition coefficient (Wildman–Crippen LogP) is 1.58. The molecule has 4 N–H and O–H groups in total. The van der Waals surface area contributed by atoms with Crippen LogP contribution < -0.4 is 15.8 Å². The fraction of sp³-hybridized carbons (Fsp3) is 0.375.